The van der Waals surface area contributed by atoms with E-state index in [4.69, 9.17) is 4.74 Å². The molecule has 36 heavy (non-hydrogen) atoms. The Balaban J connectivity index is 1.39. The minimum absolute atomic E-state index is 0.0193. The number of amides is 2. The van der Waals surface area contributed by atoms with Crippen molar-refractivity contribution in [3.05, 3.63) is 59.7 Å². The van der Waals surface area contributed by atoms with Gasteiger partial charge in [0.1, 0.15) is 0 Å². The first-order valence-corrected chi connectivity index (χ1v) is 12.7. The quantitative estimate of drug-likeness (QED) is 0.495. The number of carbonyl (C=O) groups excluding carboxylic acids is 1. The number of likely N-dealkylation sites (tertiary alicyclic amines) is 1. The number of pyridine rings is 2. The number of hydrogen-bond acceptors (Lipinski definition) is 5. The second-order valence-corrected chi connectivity index (χ2v) is 10.8. The average Bonchev–Trinajstić information content (AvgIpc) is 3.45. The fourth-order valence-corrected chi connectivity index (χ4v) is 5.45. The van der Waals surface area contributed by atoms with E-state index in [9.17, 15) is 18.0 Å². The Bertz CT molecular complexity index is 1300. The van der Waals surface area contributed by atoms with Crippen LogP contribution in [0.5, 0.6) is 0 Å². The Morgan fingerprint density at radius 3 is 2.75 bits per heavy atom. The molecule has 0 radical (unpaired) electrons. The molecule has 1 fully saturated rings. The minimum Gasteiger partial charge on any atom is -0.264 e. The molecule has 3 aromatic heterocycles. The molecule has 3 aromatic rings. The Kier molecular flexibility index (Phi) is 6.11. The number of alkyl halides is 3. The molecule has 5 heterocycles. The van der Waals surface area contributed by atoms with Crippen molar-refractivity contribution in [1.29, 1.82) is 0 Å². The number of aromatic nitrogens is 4. The molecular formula is C24H26AsF3N6O2. The van der Waals surface area contributed by atoms with Gasteiger partial charge in [-0.2, -0.15) is 0 Å². The first-order valence-electron chi connectivity index (χ1n) is 11.5. The summed E-state index contributed by atoms with van der Waals surface area (Å²) in [6, 6.07) is 6.37. The van der Waals surface area contributed by atoms with Crippen molar-refractivity contribution < 1.29 is 22.7 Å². The van der Waals surface area contributed by atoms with Gasteiger partial charge in [-0.05, 0) is 25.5 Å². The predicted molar refractivity (Wildman–Crippen MR) is 128 cm³/mol. The third-order valence-corrected chi connectivity index (χ3v) is 7.73. The van der Waals surface area contributed by atoms with Gasteiger partial charge < -0.3 is 0 Å². The smallest absolute Gasteiger partial charge is 0.0323 e. The Labute approximate surface area is 214 Å². The van der Waals surface area contributed by atoms with Crippen molar-refractivity contribution >= 4 is 27.4 Å². The van der Waals surface area contributed by atoms with E-state index in [2.05, 4.69) is 20.4 Å². The Hall–Kier alpha value is -2.91. The first-order chi connectivity index (χ1) is 17.0. The number of hydrogen-bond donors (Lipinski definition) is 1. The van der Waals surface area contributed by atoms with E-state index >= 15 is 0 Å². The van der Waals surface area contributed by atoms with E-state index in [0.717, 1.165) is 34.2 Å². The van der Waals surface area contributed by atoms with Crippen LogP contribution in [0.1, 0.15) is 37.1 Å². The molecule has 1 N–H and O–H groups in total. The second-order valence-electron chi connectivity index (χ2n) is 9.60. The molecule has 2 aliphatic rings. The molecule has 8 nitrogen and oxygen atoms in total. The second kappa shape index (κ2) is 8.88. The maximum Gasteiger partial charge on any atom is 0.0323 e. The fraction of sp³-hybridized carbons (Fsp3) is 0.417. The van der Waals surface area contributed by atoms with Crippen LogP contribution in [-0.4, -0.2) is 67.2 Å². The molecule has 190 valence electrons. The molecule has 2 atom stereocenters. The summed E-state index contributed by atoms with van der Waals surface area (Å²) < 4.78 is 48.3. The molecule has 0 bridgehead atoms. The number of nitrogens with one attached hydrogen (secondary N) is 1. The SMILES string of the molecule is CC(C)(NC(=O)N1CC[C@]2(C1)OCCn1nc(-c3cnc([AsH2])c(C(F)(F)F)c3)cc12)c1cccnc1. The molecule has 2 amide bonds. The van der Waals surface area contributed by atoms with Crippen molar-refractivity contribution in [3.8, 4) is 11.3 Å². The zero-order valence-electron chi connectivity index (χ0n) is 19.8. The standard InChI is InChI=1S/C24H26AsF3N6O2/c1-22(2,16-4-3-6-29-13-16)31-21(35)33-7-5-23(14-33)19-11-18(32-34(19)8-9-36-23)15-10-17(24(26,27)28)20(25)30-12-15/h3-4,6,10-13H,5,7-9,14,25H2,1-2H3,(H,31,35)/t23-/m1/s1. The van der Waals surface area contributed by atoms with Crippen LogP contribution in [0.3, 0.4) is 0 Å². The van der Waals surface area contributed by atoms with Gasteiger partial charge in [-0.15, -0.1) is 0 Å². The van der Waals surface area contributed by atoms with Gasteiger partial charge in [0.2, 0.25) is 0 Å². The van der Waals surface area contributed by atoms with Gasteiger partial charge in [-0.1, -0.05) is 6.07 Å². The number of urea groups is 1. The summed E-state index contributed by atoms with van der Waals surface area (Å²) in [5, 5.41) is 7.64. The molecule has 0 saturated carbocycles. The largest absolute Gasteiger partial charge is 0.264 e. The molecule has 1 spiro atoms. The van der Waals surface area contributed by atoms with Crippen LogP contribution < -0.4 is 9.80 Å². The third kappa shape index (κ3) is 4.50. The van der Waals surface area contributed by atoms with Gasteiger partial charge >= 0.3 is 160 Å². The Morgan fingerprint density at radius 1 is 1.22 bits per heavy atom. The van der Waals surface area contributed by atoms with Gasteiger partial charge in [0, 0.05) is 12.4 Å². The molecule has 0 aromatic carbocycles. The van der Waals surface area contributed by atoms with Gasteiger partial charge in [0.05, 0.1) is 5.54 Å². The number of nitrogens with zero attached hydrogens (tertiary/aromatic N) is 5. The topological polar surface area (TPSA) is 85.2 Å². The number of halogens is 3. The van der Waals surface area contributed by atoms with E-state index in [1.54, 1.807) is 28.0 Å². The Morgan fingerprint density at radius 2 is 2.03 bits per heavy atom. The van der Waals surface area contributed by atoms with Crippen molar-refractivity contribution in [2.75, 3.05) is 19.7 Å². The van der Waals surface area contributed by atoms with Crippen molar-refractivity contribution in [2.24, 2.45) is 0 Å². The summed E-state index contributed by atoms with van der Waals surface area (Å²) in [6.07, 6.45) is 0.897. The van der Waals surface area contributed by atoms with E-state index in [1.807, 2.05) is 26.0 Å². The van der Waals surface area contributed by atoms with Crippen LogP contribution in [0.4, 0.5) is 18.0 Å². The molecule has 0 aliphatic carbocycles. The number of ether oxygens (including phenoxy) is 1. The summed E-state index contributed by atoms with van der Waals surface area (Å²) in [4.78, 5) is 23.0. The summed E-state index contributed by atoms with van der Waals surface area (Å²) in [5.74, 6) is 0. The molecule has 12 heteroatoms. The molecular weight excluding hydrogens is 536 g/mol. The average molecular weight is 562 g/mol. The third-order valence-electron chi connectivity index (χ3n) is 6.77. The number of fused-ring (bicyclic) bond motifs is 2. The normalized spacial score (nSPS) is 20.0. The van der Waals surface area contributed by atoms with Crippen LogP contribution in [0, 0.1) is 0 Å². The van der Waals surface area contributed by atoms with E-state index in [-0.39, 0.29) is 10.5 Å². The van der Waals surface area contributed by atoms with Crippen LogP contribution in [0.25, 0.3) is 11.3 Å². The predicted octanol–water partition coefficient (Wildman–Crippen LogP) is 2.19. The molecule has 5 rings (SSSR count). The van der Waals surface area contributed by atoms with Gasteiger partial charge in [-0.3, -0.25) is 4.98 Å². The molecule has 1 unspecified atom stereocenters. The van der Waals surface area contributed by atoms with Gasteiger partial charge in [-0.25, -0.2) is 0 Å². The summed E-state index contributed by atoms with van der Waals surface area (Å²) >= 11 is 0.821. The summed E-state index contributed by atoms with van der Waals surface area (Å²) in [6.45, 7) is 5.49. The van der Waals surface area contributed by atoms with Crippen LogP contribution >= 0.6 is 0 Å². The zero-order chi connectivity index (χ0) is 25.7. The maximum atomic E-state index is 13.4. The van der Waals surface area contributed by atoms with Crippen molar-refractivity contribution in [2.45, 2.75) is 44.1 Å². The molecule has 1 saturated heterocycles. The van der Waals surface area contributed by atoms with Gasteiger partial charge in [0.25, 0.3) is 0 Å². The van der Waals surface area contributed by atoms with E-state index < -0.39 is 22.9 Å². The first kappa shape index (κ1) is 24.8. The number of rotatable bonds is 3. The summed E-state index contributed by atoms with van der Waals surface area (Å²) in [7, 11) is 0. The monoisotopic (exact) mass is 562 g/mol. The fourth-order valence-electron chi connectivity index (χ4n) is 4.77. The minimum atomic E-state index is -4.48. The number of carbonyl (C=O) groups is 1. The zero-order valence-corrected chi connectivity index (χ0v) is 22.3. The summed E-state index contributed by atoms with van der Waals surface area (Å²) in [5.41, 5.74) is 0.190. The van der Waals surface area contributed by atoms with Crippen molar-refractivity contribution in [3.63, 3.8) is 0 Å². The van der Waals surface area contributed by atoms with Crippen LogP contribution in [-0.2, 0) is 28.6 Å². The molecule has 2 aliphatic heterocycles. The van der Waals surface area contributed by atoms with E-state index in [1.165, 1.54) is 6.20 Å². The maximum absolute atomic E-state index is 13.4. The van der Waals surface area contributed by atoms with E-state index in [0.29, 0.717) is 43.9 Å². The van der Waals surface area contributed by atoms with Crippen molar-refractivity contribution in [1.82, 2.24) is 30.0 Å². The van der Waals surface area contributed by atoms with Crippen LogP contribution in [0.15, 0.2) is 42.9 Å². The van der Waals surface area contributed by atoms with Gasteiger partial charge in [0.15, 0.2) is 0 Å². The van der Waals surface area contributed by atoms with Crippen LogP contribution in [0.2, 0.25) is 0 Å².